The van der Waals surface area contributed by atoms with Crippen LogP contribution in [-0.2, 0) is 18.3 Å². The minimum Gasteiger partial charge on any atom is -0.439 e. The first-order valence-corrected chi connectivity index (χ1v) is 6.67. The van der Waals surface area contributed by atoms with Crippen LogP contribution in [-0.4, -0.2) is 30.0 Å². The van der Waals surface area contributed by atoms with Crippen molar-refractivity contribution >= 4 is 0 Å². The van der Waals surface area contributed by atoms with Crippen LogP contribution in [0.25, 0.3) is 0 Å². The molecule has 0 fully saturated rings. The van der Waals surface area contributed by atoms with Crippen molar-refractivity contribution in [3.05, 3.63) is 41.6 Å². The first-order valence-electron chi connectivity index (χ1n) is 6.67. The molecule has 5 heteroatoms. The minimum absolute atomic E-state index is 0.689. The molecule has 2 rings (SSSR count). The van der Waals surface area contributed by atoms with Crippen molar-refractivity contribution in [1.29, 1.82) is 0 Å². The highest BCUT2D eigenvalue weighted by Crippen LogP contribution is 2.26. The smallest absolute Gasteiger partial charge is 0.222 e. The summed E-state index contributed by atoms with van der Waals surface area (Å²) in [5.74, 6) is 1.59. The fourth-order valence-corrected chi connectivity index (χ4v) is 2.00. The molecule has 0 radical (unpaired) electrons. The molecule has 1 N–H and O–H groups in total. The van der Waals surface area contributed by atoms with Crippen LogP contribution in [0.4, 0.5) is 0 Å². The Morgan fingerprint density at radius 2 is 2.00 bits per heavy atom. The predicted octanol–water partition coefficient (Wildman–Crippen LogP) is 2.26. The average molecular weight is 275 g/mol. The molecule has 0 bridgehead atoms. The third-order valence-electron chi connectivity index (χ3n) is 3.03. The number of aromatic nitrogens is 2. The van der Waals surface area contributed by atoms with Gasteiger partial charge in [-0.15, -0.1) is 0 Å². The molecule has 0 atom stereocenters. The molecule has 1 aromatic carbocycles. The maximum atomic E-state index is 5.95. The highest BCUT2D eigenvalue weighted by atomic mass is 16.5. The third-order valence-corrected chi connectivity index (χ3v) is 3.03. The second-order valence-electron chi connectivity index (χ2n) is 4.58. The van der Waals surface area contributed by atoms with Gasteiger partial charge in [0.1, 0.15) is 5.75 Å². The van der Waals surface area contributed by atoms with Crippen molar-refractivity contribution in [3.63, 3.8) is 0 Å². The van der Waals surface area contributed by atoms with Gasteiger partial charge in [0.15, 0.2) is 0 Å². The maximum Gasteiger partial charge on any atom is 0.222 e. The largest absolute Gasteiger partial charge is 0.439 e. The number of methoxy groups -OCH3 is 1. The Labute approximate surface area is 119 Å². The number of nitrogens with zero attached hydrogens (tertiary/aromatic N) is 2. The first kappa shape index (κ1) is 14.6. The Hall–Kier alpha value is -1.85. The van der Waals surface area contributed by atoms with E-state index in [2.05, 4.69) is 10.4 Å². The van der Waals surface area contributed by atoms with E-state index < -0.39 is 0 Å². The summed E-state index contributed by atoms with van der Waals surface area (Å²) in [4.78, 5) is 0. The van der Waals surface area contributed by atoms with Gasteiger partial charge in [0.05, 0.1) is 17.9 Å². The number of hydrogen-bond acceptors (Lipinski definition) is 4. The zero-order valence-corrected chi connectivity index (χ0v) is 12.2. The van der Waals surface area contributed by atoms with Crippen LogP contribution >= 0.6 is 0 Å². The number of para-hydroxylation sites is 1. The SMILES string of the molecule is COCCNCc1c(C)nn(C)c1Oc1ccccc1. The van der Waals surface area contributed by atoms with Crippen LogP contribution in [0.1, 0.15) is 11.3 Å². The van der Waals surface area contributed by atoms with Gasteiger partial charge in [-0.3, -0.25) is 0 Å². The molecule has 1 heterocycles. The van der Waals surface area contributed by atoms with Gasteiger partial charge in [0.2, 0.25) is 5.88 Å². The van der Waals surface area contributed by atoms with E-state index in [-0.39, 0.29) is 0 Å². The second-order valence-corrected chi connectivity index (χ2v) is 4.58. The summed E-state index contributed by atoms with van der Waals surface area (Å²) in [6.07, 6.45) is 0. The monoisotopic (exact) mass is 275 g/mol. The van der Waals surface area contributed by atoms with Crippen LogP contribution in [0.3, 0.4) is 0 Å². The summed E-state index contributed by atoms with van der Waals surface area (Å²) in [7, 11) is 3.59. The van der Waals surface area contributed by atoms with E-state index >= 15 is 0 Å². The van der Waals surface area contributed by atoms with Crippen molar-refractivity contribution in [2.45, 2.75) is 13.5 Å². The normalized spacial score (nSPS) is 10.8. The third kappa shape index (κ3) is 3.59. The summed E-state index contributed by atoms with van der Waals surface area (Å²) >= 11 is 0. The Morgan fingerprint density at radius 1 is 1.25 bits per heavy atom. The quantitative estimate of drug-likeness (QED) is 0.787. The molecule has 0 aliphatic carbocycles. The summed E-state index contributed by atoms with van der Waals surface area (Å²) in [5.41, 5.74) is 2.05. The molecule has 0 aliphatic rings. The van der Waals surface area contributed by atoms with Gasteiger partial charge in [-0.2, -0.15) is 5.10 Å². The highest BCUT2D eigenvalue weighted by molar-refractivity contribution is 5.35. The van der Waals surface area contributed by atoms with Crippen LogP contribution in [0.5, 0.6) is 11.6 Å². The maximum absolute atomic E-state index is 5.95. The molecule has 20 heavy (non-hydrogen) atoms. The Kier molecular flexibility index (Phi) is 5.15. The molecule has 0 spiro atoms. The molecule has 2 aromatic rings. The van der Waals surface area contributed by atoms with Crippen molar-refractivity contribution in [1.82, 2.24) is 15.1 Å². The van der Waals surface area contributed by atoms with Gasteiger partial charge in [-0.05, 0) is 19.1 Å². The first-order chi connectivity index (χ1) is 9.72. The zero-order valence-electron chi connectivity index (χ0n) is 12.2. The van der Waals surface area contributed by atoms with E-state index in [0.29, 0.717) is 13.2 Å². The van der Waals surface area contributed by atoms with Gasteiger partial charge in [0.25, 0.3) is 0 Å². The molecular formula is C15H21N3O2. The number of nitrogens with one attached hydrogen (secondary N) is 1. The molecule has 0 saturated carbocycles. The lowest BCUT2D eigenvalue weighted by Gasteiger charge is -2.09. The lowest BCUT2D eigenvalue weighted by atomic mass is 10.2. The van der Waals surface area contributed by atoms with Crippen LogP contribution < -0.4 is 10.1 Å². The fourth-order valence-electron chi connectivity index (χ4n) is 2.00. The van der Waals surface area contributed by atoms with E-state index in [4.69, 9.17) is 9.47 Å². The van der Waals surface area contributed by atoms with Crippen molar-refractivity contribution in [2.75, 3.05) is 20.3 Å². The minimum atomic E-state index is 0.689. The van der Waals surface area contributed by atoms with Crippen molar-refractivity contribution in [3.8, 4) is 11.6 Å². The Balaban J connectivity index is 2.11. The van der Waals surface area contributed by atoms with E-state index in [1.165, 1.54) is 0 Å². The van der Waals surface area contributed by atoms with E-state index in [0.717, 1.165) is 29.4 Å². The average Bonchev–Trinajstić information content (AvgIpc) is 2.71. The molecular weight excluding hydrogens is 254 g/mol. The zero-order chi connectivity index (χ0) is 14.4. The number of benzene rings is 1. The van der Waals surface area contributed by atoms with Crippen LogP contribution in [0.15, 0.2) is 30.3 Å². The van der Waals surface area contributed by atoms with Gasteiger partial charge >= 0.3 is 0 Å². The molecule has 5 nitrogen and oxygen atoms in total. The summed E-state index contributed by atoms with van der Waals surface area (Å²) in [5, 5.41) is 7.75. The standard InChI is InChI=1S/C15H21N3O2/c1-12-14(11-16-9-10-19-3)15(18(2)17-12)20-13-7-5-4-6-8-13/h4-8,16H,9-11H2,1-3H3. The lowest BCUT2D eigenvalue weighted by molar-refractivity contribution is 0.199. The molecule has 0 saturated heterocycles. The van der Waals surface area contributed by atoms with Gasteiger partial charge in [0, 0.05) is 27.2 Å². The summed E-state index contributed by atoms with van der Waals surface area (Å²) in [6.45, 7) is 4.19. The fraction of sp³-hybridized carbons (Fsp3) is 0.400. The number of aryl methyl sites for hydroxylation is 2. The molecule has 0 aliphatic heterocycles. The topological polar surface area (TPSA) is 48.3 Å². The second kappa shape index (κ2) is 7.07. The highest BCUT2D eigenvalue weighted by Gasteiger charge is 2.14. The number of hydrogen-bond donors (Lipinski definition) is 1. The molecule has 0 amide bonds. The van der Waals surface area contributed by atoms with Gasteiger partial charge in [-0.1, -0.05) is 18.2 Å². The molecule has 1 aromatic heterocycles. The lowest BCUT2D eigenvalue weighted by Crippen LogP contribution is -2.19. The molecule has 0 unspecified atom stereocenters. The van der Waals surface area contributed by atoms with Crippen LogP contribution in [0, 0.1) is 6.92 Å². The van der Waals surface area contributed by atoms with Crippen LogP contribution in [0.2, 0.25) is 0 Å². The van der Waals surface area contributed by atoms with E-state index in [1.807, 2.05) is 44.3 Å². The summed E-state index contributed by atoms with van der Waals surface area (Å²) < 4.78 is 12.7. The van der Waals surface area contributed by atoms with Crippen molar-refractivity contribution in [2.24, 2.45) is 7.05 Å². The van der Waals surface area contributed by atoms with Gasteiger partial charge < -0.3 is 14.8 Å². The number of rotatable bonds is 7. The van der Waals surface area contributed by atoms with E-state index in [1.54, 1.807) is 11.8 Å². The summed E-state index contributed by atoms with van der Waals surface area (Å²) in [6, 6.07) is 9.74. The Morgan fingerprint density at radius 3 is 2.70 bits per heavy atom. The van der Waals surface area contributed by atoms with E-state index in [9.17, 15) is 0 Å². The van der Waals surface area contributed by atoms with Gasteiger partial charge in [-0.25, -0.2) is 4.68 Å². The van der Waals surface area contributed by atoms with Crippen molar-refractivity contribution < 1.29 is 9.47 Å². The Bertz CT molecular complexity index is 538. The molecule has 108 valence electrons. The number of ether oxygens (including phenoxy) is 2. The predicted molar refractivity (Wildman–Crippen MR) is 78.0 cm³/mol.